The lowest BCUT2D eigenvalue weighted by atomic mass is 9.80. The number of rotatable bonds is 6. The van der Waals surface area contributed by atoms with E-state index < -0.39 is 0 Å². The van der Waals surface area contributed by atoms with Crippen molar-refractivity contribution in [3.63, 3.8) is 0 Å². The van der Waals surface area contributed by atoms with Gasteiger partial charge in [-0.25, -0.2) is 4.68 Å². The molecule has 0 radical (unpaired) electrons. The van der Waals surface area contributed by atoms with E-state index in [9.17, 15) is 0 Å². The van der Waals surface area contributed by atoms with E-state index in [2.05, 4.69) is 41.6 Å². The summed E-state index contributed by atoms with van der Waals surface area (Å²) >= 11 is 0. The number of aromatic nitrogens is 4. The molecule has 5 heteroatoms. The molecule has 0 amide bonds. The molecule has 0 aliphatic heterocycles. The summed E-state index contributed by atoms with van der Waals surface area (Å²) in [5.41, 5.74) is 0. The fourth-order valence-electron chi connectivity index (χ4n) is 2.85. The summed E-state index contributed by atoms with van der Waals surface area (Å²) in [4.78, 5) is 0. The van der Waals surface area contributed by atoms with Gasteiger partial charge in [-0.05, 0) is 41.1 Å². The van der Waals surface area contributed by atoms with Crippen molar-refractivity contribution in [3.05, 3.63) is 5.82 Å². The van der Waals surface area contributed by atoms with Gasteiger partial charge < -0.3 is 5.32 Å². The Kier molecular flexibility index (Phi) is 5.31. The van der Waals surface area contributed by atoms with Gasteiger partial charge in [-0.2, -0.15) is 0 Å². The minimum atomic E-state index is 0.655. The zero-order valence-electron chi connectivity index (χ0n) is 12.5. The zero-order valence-corrected chi connectivity index (χ0v) is 12.5. The fraction of sp³-hybridized carbons (Fsp3) is 0.929. The van der Waals surface area contributed by atoms with E-state index in [1.165, 1.54) is 25.7 Å². The molecular formula is C14H27N5. The normalized spacial score (nSPS) is 24.0. The largest absolute Gasteiger partial charge is 0.310 e. The first-order valence-electron chi connectivity index (χ1n) is 7.62. The molecule has 1 saturated carbocycles. The van der Waals surface area contributed by atoms with Gasteiger partial charge in [0.1, 0.15) is 0 Å². The second-order valence-electron chi connectivity index (χ2n) is 6.32. The van der Waals surface area contributed by atoms with Crippen molar-refractivity contribution >= 4 is 0 Å². The van der Waals surface area contributed by atoms with Crippen LogP contribution in [-0.2, 0) is 13.1 Å². The van der Waals surface area contributed by atoms with Gasteiger partial charge in [0, 0.05) is 6.54 Å². The van der Waals surface area contributed by atoms with Crippen molar-refractivity contribution in [2.75, 3.05) is 6.54 Å². The lowest BCUT2D eigenvalue weighted by Crippen LogP contribution is -2.26. The summed E-state index contributed by atoms with van der Waals surface area (Å²) in [6.07, 6.45) is 5.42. The number of hydrogen-bond acceptors (Lipinski definition) is 4. The lowest BCUT2D eigenvalue weighted by molar-refractivity contribution is 0.218. The van der Waals surface area contributed by atoms with Gasteiger partial charge in [0.25, 0.3) is 0 Å². The second kappa shape index (κ2) is 6.98. The van der Waals surface area contributed by atoms with E-state index in [0.29, 0.717) is 5.92 Å². The van der Waals surface area contributed by atoms with E-state index in [1.807, 2.05) is 4.68 Å². The van der Waals surface area contributed by atoms with Crippen LogP contribution in [0.4, 0.5) is 0 Å². The molecule has 1 aromatic rings. The number of hydrogen-bond donors (Lipinski definition) is 1. The first kappa shape index (κ1) is 14.4. The Morgan fingerprint density at radius 2 is 2.11 bits per heavy atom. The molecule has 1 aliphatic carbocycles. The predicted molar refractivity (Wildman–Crippen MR) is 75.5 cm³/mol. The molecule has 1 heterocycles. The van der Waals surface area contributed by atoms with Gasteiger partial charge in [0.2, 0.25) is 0 Å². The molecule has 0 bridgehead atoms. The Balaban J connectivity index is 1.87. The fourth-order valence-corrected chi connectivity index (χ4v) is 2.85. The molecule has 108 valence electrons. The van der Waals surface area contributed by atoms with Crippen molar-refractivity contribution < 1.29 is 0 Å². The maximum Gasteiger partial charge on any atom is 0.165 e. The summed E-state index contributed by atoms with van der Waals surface area (Å²) < 4.78 is 2.00. The molecule has 0 saturated heterocycles. The van der Waals surface area contributed by atoms with Crippen molar-refractivity contribution in [1.82, 2.24) is 25.5 Å². The summed E-state index contributed by atoms with van der Waals surface area (Å²) in [6.45, 7) is 9.54. The van der Waals surface area contributed by atoms with Crippen LogP contribution in [0, 0.1) is 17.8 Å². The quantitative estimate of drug-likeness (QED) is 0.857. The Morgan fingerprint density at radius 1 is 1.32 bits per heavy atom. The monoisotopic (exact) mass is 265 g/mol. The van der Waals surface area contributed by atoms with Crippen molar-refractivity contribution in [2.24, 2.45) is 17.8 Å². The number of nitrogens with zero attached hydrogens (tertiary/aromatic N) is 4. The maximum atomic E-state index is 4.16. The van der Waals surface area contributed by atoms with Crippen LogP contribution in [0.5, 0.6) is 0 Å². The van der Waals surface area contributed by atoms with E-state index in [4.69, 9.17) is 0 Å². The summed E-state index contributed by atoms with van der Waals surface area (Å²) in [5, 5.41) is 15.5. The van der Waals surface area contributed by atoms with Gasteiger partial charge in [-0.1, -0.05) is 40.0 Å². The van der Waals surface area contributed by atoms with E-state index in [0.717, 1.165) is 37.3 Å². The standard InChI is InChI=1S/C14H27N5/c1-11(2)8-15-9-14-16-17-18-19(14)10-13-7-5-4-6-12(13)3/h11-13,15H,4-10H2,1-3H3. The molecule has 2 rings (SSSR count). The maximum absolute atomic E-state index is 4.16. The van der Waals surface area contributed by atoms with Gasteiger partial charge in [0.15, 0.2) is 5.82 Å². The minimum absolute atomic E-state index is 0.655. The lowest BCUT2D eigenvalue weighted by Gasteiger charge is -2.28. The summed E-state index contributed by atoms with van der Waals surface area (Å²) in [7, 11) is 0. The zero-order chi connectivity index (χ0) is 13.7. The molecule has 0 aromatic carbocycles. The van der Waals surface area contributed by atoms with Crippen molar-refractivity contribution in [1.29, 1.82) is 0 Å². The van der Waals surface area contributed by atoms with Crippen LogP contribution >= 0.6 is 0 Å². The van der Waals surface area contributed by atoms with Gasteiger partial charge in [-0.3, -0.25) is 0 Å². The average molecular weight is 265 g/mol. The summed E-state index contributed by atoms with van der Waals surface area (Å²) in [5.74, 6) is 3.16. The first-order chi connectivity index (χ1) is 9.16. The van der Waals surface area contributed by atoms with Crippen LogP contribution in [0.1, 0.15) is 52.3 Å². The Morgan fingerprint density at radius 3 is 2.84 bits per heavy atom. The minimum Gasteiger partial charge on any atom is -0.310 e. The van der Waals surface area contributed by atoms with Gasteiger partial charge in [0.05, 0.1) is 6.54 Å². The van der Waals surface area contributed by atoms with Crippen LogP contribution in [0.3, 0.4) is 0 Å². The molecule has 1 N–H and O–H groups in total. The third kappa shape index (κ3) is 4.27. The molecule has 1 aromatic heterocycles. The molecule has 2 unspecified atom stereocenters. The third-order valence-electron chi connectivity index (χ3n) is 4.14. The highest BCUT2D eigenvalue weighted by atomic mass is 15.5. The Labute approximate surface area is 116 Å². The molecule has 1 fully saturated rings. The van der Waals surface area contributed by atoms with Crippen LogP contribution in [-0.4, -0.2) is 26.8 Å². The SMILES string of the molecule is CC(C)CNCc1nnnn1CC1CCCCC1C. The molecule has 2 atom stereocenters. The molecule has 0 spiro atoms. The highest BCUT2D eigenvalue weighted by Crippen LogP contribution is 2.30. The Hall–Kier alpha value is -0.970. The van der Waals surface area contributed by atoms with Crippen LogP contribution in [0.15, 0.2) is 0 Å². The van der Waals surface area contributed by atoms with Gasteiger partial charge >= 0.3 is 0 Å². The highest BCUT2D eigenvalue weighted by molar-refractivity contribution is 4.82. The average Bonchev–Trinajstić information content (AvgIpc) is 2.79. The third-order valence-corrected chi connectivity index (χ3v) is 4.14. The summed E-state index contributed by atoms with van der Waals surface area (Å²) in [6, 6.07) is 0. The first-order valence-corrected chi connectivity index (χ1v) is 7.62. The smallest absolute Gasteiger partial charge is 0.165 e. The van der Waals surface area contributed by atoms with E-state index >= 15 is 0 Å². The predicted octanol–water partition coefficient (Wildman–Crippen LogP) is 2.24. The van der Waals surface area contributed by atoms with Crippen LogP contribution in [0.2, 0.25) is 0 Å². The van der Waals surface area contributed by atoms with E-state index in [1.54, 1.807) is 0 Å². The highest BCUT2D eigenvalue weighted by Gasteiger charge is 2.23. The molecule has 5 nitrogen and oxygen atoms in total. The van der Waals surface area contributed by atoms with Crippen molar-refractivity contribution in [3.8, 4) is 0 Å². The molecule has 19 heavy (non-hydrogen) atoms. The molecule has 1 aliphatic rings. The van der Waals surface area contributed by atoms with E-state index in [-0.39, 0.29) is 0 Å². The number of tetrazole rings is 1. The Bertz CT molecular complexity index is 374. The number of nitrogens with one attached hydrogen (secondary N) is 1. The topological polar surface area (TPSA) is 55.6 Å². The van der Waals surface area contributed by atoms with Gasteiger partial charge in [-0.15, -0.1) is 5.10 Å². The second-order valence-corrected chi connectivity index (χ2v) is 6.32. The molecular weight excluding hydrogens is 238 g/mol. The van der Waals surface area contributed by atoms with Crippen LogP contribution in [0.25, 0.3) is 0 Å². The van der Waals surface area contributed by atoms with Crippen molar-refractivity contribution in [2.45, 2.75) is 59.5 Å². The van der Waals surface area contributed by atoms with Crippen LogP contribution < -0.4 is 5.32 Å².